The maximum absolute atomic E-state index is 12.2. The first-order valence-corrected chi connectivity index (χ1v) is 5.87. The molecule has 0 radical (unpaired) electrons. The van der Waals surface area contributed by atoms with E-state index in [9.17, 15) is 9.59 Å². The fourth-order valence-corrected chi connectivity index (χ4v) is 1.99. The van der Waals surface area contributed by atoms with Crippen molar-refractivity contribution in [3.63, 3.8) is 0 Å². The van der Waals surface area contributed by atoms with Crippen molar-refractivity contribution in [2.75, 3.05) is 6.54 Å². The fraction of sp³-hybridized carbons (Fsp3) is 0.833. The topological polar surface area (TPSA) is 57.6 Å². The molecule has 4 nitrogen and oxygen atoms in total. The van der Waals surface area contributed by atoms with Gasteiger partial charge in [0.15, 0.2) is 0 Å². The molecule has 1 rings (SSSR count). The molecule has 0 aromatic carbocycles. The Bertz CT molecular complexity index is 295. The lowest BCUT2D eigenvalue weighted by molar-refractivity contribution is -0.158. The maximum Gasteiger partial charge on any atom is 0.329 e. The van der Waals surface area contributed by atoms with Gasteiger partial charge in [0.25, 0.3) is 0 Å². The first-order valence-electron chi connectivity index (χ1n) is 5.87. The Balaban J connectivity index is 2.80. The zero-order valence-corrected chi connectivity index (χ0v) is 10.5. The summed E-state index contributed by atoms with van der Waals surface area (Å²) in [4.78, 5) is 24.8. The molecule has 0 aliphatic heterocycles. The molecule has 1 amide bonds. The van der Waals surface area contributed by atoms with Gasteiger partial charge in [-0.15, -0.1) is 0 Å². The van der Waals surface area contributed by atoms with Crippen molar-refractivity contribution in [3.05, 3.63) is 0 Å². The van der Waals surface area contributed by atoms with Crippen molar-refractivity contribution in [1.29, 1.82) is 0 Å². The molecule has 0 bridgehead atoms. The van der Waals surface area contributed by atoms with Gasteiger partial charge >= 0.3 is 5.97 Å². The van der Waals surface area contributed by atoms with Gasteiger partial charge in [-0.25, -0.2) is 4.79 Å². The summed E-state index contributed by atoms with van der Waals surface area (Å²) in [5.74, 6) is -0.562. The van der Waals surface area contributed by atoms with E-state index in [4.69, 9.17) is 5.11 Å². The van der Waals surface area contributed by atoms with Crippen molar-refractivity contribution < 1.29 is 14.7 Å². The van der Waals surface area contributed by atoms with Gasteiger partial charge in [-0.3, -0.25) is 4.79 Å². The number of likely N-dealkylation sites (N-methyl/N-ethyl adjacent to an activating group) is 1. The van der Waals surface area contributed by atoms with Crippen LogP contribution in [0.2, 0.25) is 0 Å². The number of nitrogens with zero attached hydrogens (tertiary/aromatic N) is 1. The summed E-state index contributed by atoms with van der Waals surface area (Å²) in [5, 5.41) is 9.13. The van der Waals surface area contributed by atoms with Crippen LogP contribution >= 0.6 is 0 Å². The van der Waals surface area contributed by atoms with E-state index in [0.29, 0.717) is 12.5 Å². The molecular weight excluding hydrogens is 206 g/mol. The van der Waals surface area contributed by atoms with E-state index in [0.717, 1.165) is 12.8 Å². The van der Waals surface area contributed by atoms with E-state index in [1.54, 1.807) is 13.8 Å². The Hall–Kier alpha value is -1.06. The molecule has 1 fully saturated rings. The van der Waals surface area contributed by atoms with Crippen LogP contribution in [-0.2, 0) is 9.59 Å². The Morgan fingerprint density at radius 3 is 2.25 bits per heavy atom. The molecule has 1 N–H and O–H groups in total. The van der Waals surface area contributed by atoms with E-state index < -0.39 is 11.5 Å². The first kappa shape index (κ1) is 13.0. The van der Waals surface area contributed by atoms with Crippen molar-refractivity contribution in [2.24, 2.45) is 11.8 Å². The second-order valence-corrected chi connectivity index (χ2v) is 5.07. The summed E-state index contributed by atoms with van der Waals surface area (Å²) in [5.41, 5.74) is -1.12. The van der Waals surface area contributed by atoms with Gasteiger partial charge in [0.05, 0.1) is 0 Å². The molecule has 0 saturated heterocycles. The van der Waals surface area contributed by atoms with Crippen molar-refractivity contribution in [2.45, 2.75) is 46.1 Å². The lowest BCUT2D eigenvalue weighted by Gasteiger charge is -2.36. The quantitative estimate of drug-likeness (QED) is 0.778. The molecule has 0 spiro atoms. The van der Waals surface area contributed by atoms with Crippen LogP contribution in [0.1, 0.15) is 40.5 Å². The number of carbonyl (C=O) groups excluding carboxylic acids is 1. The van der Waals surface area contributed by atoms with Crippen LogP contribution in [0.15, 0.2) is 0 Å². The molecule has 1 aliphatic carbocycles. The fourth-order valence-electron chi connectivity index (χ4n) is 1.99. The van der Waals surface area contributed by atoms with Crippen molar-refractivity contribution >= 4 is 11.9 Å². The standard InChI is InChI=1S/C12H21NO3/c1-5-13(12(3,4)11(15)16)10(14)8(2)9-6-7-9/h8-9H,5-7H2,1-4H3,(H,15,16). The summed E-state index contributed by atoms with van der Waals surface area (Å²) in [6.07, 6.45) is 2.19. The second kappa shape index (κ2) is 4.44. The van der Waals surface area contributed by atoms with Gasteiger partial charge in [-0.1, -0.05) is 6.92 Å². The predicted molar refractivity (Wildman–Crippen MR) is 61.0 cm³/mol. The number of carbonyl (C=O) groups is 2. The van der Waals surface area contributed by atoms with E-state index in [1.165, 1.54) is 4.90 Å². The first-order chi connectivity index (χ1) is 7.32. The lowest BCUT2D eigenvalue weighted by atomic mass is 9.98. The third-order valence-electron chi connectivity index (χ3n) is 3.50. The van der Waals surface area contributed by atoms with Gasteiger partial charge in [-0.2, -0.15) is 0 Å². The Labute approximate surface area is 96.6 Å². The normalized spacial score (nSPS) is 18.0. The molecule has 1 aliphatic rings. The highest BCUT2D eigenvalue weighted by Gasteiger charge is 2.42. The van der Waals surface area contributed by atoms with Crippen LogP contribution in [-0.4, -0.2) is 34.0 Å². The van der Waals surface area contributed by atoms with Gasteiger partial charge in [-0.05, 0) is 39.5 Å². The van der Waals surface area contributed by atoms with E-state index in [-0.39, 0.29) is 11.8 Å². The van der Waals surface area contributed by atoms with Gasteiger partial charge in [0.1, 0.15) is 5.54 Å². The maximum atomic E-state index is 12.2. The summed E-state index contributed by atoms with van der Waals surface area (Å²) in [6.45, 7) is 7.32. The molecule has 0 heterocycles. The minimum Gasteiger partial charge on any atom is -0.480 e. The Morgan fingerprint density at radius 1 is 1.44 bits per heavy atom. The molecule has 0 aromatic rings. The predicted octanol–water partition coefficient (Wildman–Crippen LogP) is 1.74. The SMILES string of the molecule is CCN(C(=O)C(C)C1CC1)C(C)(C)C(=O)O. The number of hydrogen-bond acceptors (Lipinski definition) is 2. The van der Waals surface area contributed by atoms with E-state index >= 15 is 0 Å². The van der Waals surface area contributed by atoms with E-state index in [1.807, 2.05) is 13.8 Å². The lowest BCUT2D eigenvalue weighted by Crippen LogP contribution is -2.54. The highest BCUT2D eigenvalue weighted by Crippen LogP contribution is 2.38. The zero-order chi connectivity index (χ0) is 12.5. The molecule has 16 heavy (non-hydrogen) atoms. The summed E-state index contributed by atoms with van der Waals surface area (Å²) in [7, 11) is 0. The third-order valence-corrected chi connectivity index (χ3v) is 3.50. The van der Waals surface area contributed by atoms with Crippen LogP contribution in [0.25, 0.3) is 0 Å². The minimum atomic E-state index is -1.12. The number of rotatable bonds is 5. The number of amides is 1. The van der Waals surface area contributed by atoms with E-state index in [2.05, 4.69) is 0 Å². The average molecular weight is 227 g/mol. The smallest absolute Gasteiger partial charge is 0.329 e. The van der Waals surface area contributed by atoms with Gasteiger partial charge in [0, 0.05) is 12.5 Å². The summed E-state index contributed by atoms with van der Waals surface area (Å²) >= 11 is 0. The van der Waals surface area contributed by atoms with Crippen molar-refractivity contribution in [3.8, 4) is 0 Å². The average Bonchev–Trinajstić information content (AvgIpc) is 3.00. The second-order valence-electron chi connectivity index (χ2n) is 5.07. The molecule has 1 atom stereocenters. The van der Waals surface area contributed by atoms with Crippen LogP contribution in [0.3, 0.4) is 0 Å². The minimum absolute atomic E-state index is 0.0302. The van der Waals surface area contributed by atoms with Gasteiger partial charge < -0.3 is 10.0 Å². The molecule has 1 saturated carbocycles. The molecular formula is C12H21NO3. The van der Waals surface area contributed by atoms with Crippen LogP contribution < -0.4 is 0 Å². The van der Waals surface area contributed by atoms with Crippen LogP contribution in [0, 0.1) is 11.8 Å². The number of carboxylic acid groups (broad SMARTS) is 1. The number of aliphatic carboxylic acids is 1. The van der Waals surface area contributed by atoms with Crippen LogP contribution in [0.5, 0.6) is 0 Å². The Morgan fingerprint density at radius 2 is 1.94 bits per heavy atom. The summed E-state index contributed by atoms with van der Waals surface area (Å²) in [6, 6.07) is 0. The molecule has 1 unspecified atom stereocenters. The van der Waals surface area contributed by atoms with Gasteiger partial charge in [0.2, 0.25) is 5.91 Å². The number of hydrogen-bond donors (Lipinski definition) is 1. The van der Waals surface area contributed by atoms with Crippen LogP contribution in [0.4, 0.5) is 0 Å². The molecule has 4 heteroatoms. The highest BCUT2D eigenvalue weighted by atomic mass is 16.4. The number of carboxylic acids is 1. The largest absolute Gasteiger partial charge is 0.480 e. The Kier molecular flexibility index (Phi) is 3.61. The summed E-state index contributed by atoms with van der Waals surface area (Å²) < 4.78 is 0. The zero-order valence-electron chi connectivity index (χ0n) is 10.5. The highest BCUT2D eigenvalue weighted by molar-refractivity contribution is 5.87. The third kappa shape index (κ3) is 2.36. The molecule has 0 aromatic heterocycles. The molecule has 92 valence electrons. The van der Waals surface area contributed by atoms with Crippen molar-refractivity contribution in [1.82, 2.24) is 4.90 Å². The monoisotopic (exact) mass is 227 g/mol.